The largest absolute Gasteiger partial charge is 0.459 e. The smallest absolute Gasteiger partial charge is 0.291 e. The van der Waals surface area contributed by atoms with Crippen LogP contribution in [0.15, 0.2) is 71.3 Å². The normalized spacial score (nSPS) is 10.3. The van der Waals surface area contributed by atoms with E-state index in [1.165, 1.54) is 6.26 Å². The second kappa shape index (κ2) is 8.23. The Balaban J connectivity index is 1.56. The second-order valence-corrected chi connectivity index (χ2v) is 6.26. The molecular formula is C21H21N3O3. The number of amides is 2. The second-order valence-electron chi connectivity index (χ2n) is 6.26. The van der Waals surface area contributed by atoms with Gasteiger partial charge in [0, 0.05) is 37.6 Å². The monoisotopic (exact) mass is 363 g/mol. The Morgan fingerprint density at radius 1 is 0.963 bits per heavy atom. The van der Waals surface area contributed by atoms with Gasteiger partial charge in [-0.05, 0) is 48.0 Å². The van der Waals surface area contributed by atoms with Crippen LogP contribution in [0.1, 0.15) is 26.5 Å². The lowest BCUT2D eigenvalue weighted by Crippen LogP contribution is -2.23. The van der Waals surface area contributed by atoms with Crippen LogP contribution >= 0.6 is 0 Å². The molecule has 2 amide bonds. The molecular weight excluding hydrogens is 342 g/mol. The highest BCUT2D eigenvalue weighted by Gasteiger charge is 2.09. The first-order chi connectivity index (χ1) is 13.0. The van der Waals surface area contributed by atoms with Gasteiger partial charge in [0.05, 0.1) is 6.26 Å². The Kier molecular flexibility index (Phi) is 5.56. The van der Waals surface area contributed by atoms with Crippen LogP contribution < -0.4 is 15.5 Å². The zero-order valence-corrected chi connectivity index (χ0v) is 15.2. The molecule has 0 saturated carbocycles. The van der Waals surface area contributed by atoms with Crippen LogP contribution in [-0.4, -0.2) is 25.9 Å². The number of nitrogens with one attached hydrogen (secondary N) is 2. The standard InChI is InChI=1S/C21H21N3O3/c1-24(2)18-6-3-5-16(13-18)20(25)22-14-15-8-10-17(11-9-15)23-21(26)19-7-4-12-27-19/h3-13H,14H2,1-2H3,(H,22,25)(H,23,26). The van der Waals surface area contributed by atoms with Crippen molar-refractivity contribution in [1.82, 2.24) is 5.32 Å². The number of furan rings is 1. The SMILES string of the molecule is CN(C)c1cccc(C(=O)NCc2ccc(NC(=O)c3ccco3)cc2)c1. The van der Waals surface area contributed by atoms with Gasteiger partial charge in [0.15, 0.2) is 5.76 Å². The van der Waals surface area contributed by atoms with Crippen molar-refractivity contribution in [3.05, 3.63) is 83.8 Å². The summed E-state index contributed by atoms with van der Waals surface area (Å²) in [6.07, 6.45) is 1.45. The predicted octanol–water partition coefficient (Wildman–Crippen LogP) is 3.53. The van der Waals surface area contributed by atoms with E-state index in [-0.39, 0.29) is 17.6 Å². The summed E-state index contributed by atoms with van der Waals surface area (Å²) in [7, 11) is 3.87. The maximum atomic E-state index is 12.3. The number of carbonyl (C=O) groups is 2. The minimum absolute atomic E-state index is 0.131. The predicted molar refractivity (Wildman–Crippen MR) is 105 cm³/mol. The molecule has 3 aromatic rings. The van der Waals surface area contributed by atoms with Crippen LogP contribution in [0.2, 0.25) is 0 Å². The van der Waals surface area contributed by atoms with Crippen molar-refractivity contribution in [3.8, 4) is 0 Å². The molecule has 6 nitrogen and oxygen atoms in total. The van der Waals surface area contributed by atoms with Gasteiger partial charge in [-0.15, -0.1) is 0 Å². The number of benzene rings is 2. The van der Waals surface area contributed by atoms with Crippen molar-refractivity contribution in [1.29, 1.82) is 0 Å². The Hall–Kier alpha value is -3.54. The zero-order chi connectivity index (χ0) is 19.2. The molecule has 0 aliphatic heterocycles. The number of hydrogen-bond acceptors (Lipinski definition) is 4. The molecule has 138 valence electrons. The van der Waals surface area contributed by atoms with E-state index >= 15 is 0 Å². The molecule has 0 fully saturated rings. The van der Waals surface area contributed by atoms with Crippen LogP contribution in [0.5, 0.6) is 0 Å². The van der Waals surface area contributed by atoms with Crippen molar-refractivity contribution in [3.63, 3.8) is 0 Å². The summed E-state index contributed by atoms with van der Waals surface area (Å²) in [5, 5.41) is 5.66. The molecule has 1 heterocycles. The Morgan fingerprint density at radius 3 is 2.41 bits per heavy atom. The number of carbonyl (C=O) groups excluding carboxylic acids is 2. The zero-order valence-electron chi connectivity index (χ0n) is 15.2. The first kappa shape index (κ1) is 18.3. The van der Waals surface area contributed by atoms with E-state index in [0.29, 0.717) is 17.8 Å². The molecule has 2 aromatic carbocycles. The Bertz CT molecular complexity index is 916. The molecule has 0 bridgehead atoms. The number of hydrogen-bond donors (Lipinski definition) is 2. The summed E-state index contributed by atoms with van der Waals surface area (Å²) in [5.41, 5.74) is 3.18. The molecule has 0 atom stereocenters. The highest BCUT2D eigenvalue weighted by atomic mass is 16.3. The van der Waals surface area contributed by atoms with Gasteiger partial charge in [-0.3, -0.25) is 9.59 Å². The summed E-state index contributed by atoms with van der Waals surface area (Å²) >= 11 is 0. The van der Waals surface area contributed by atoms with E-state index < -0.39 is 0 Å². The average molecular weight is 363 g/mol. The number of rotatable bonds is 6. The first-order valence-electron chi connectivity index (χ1n) is 8.52. The molecule has 0 spiro atoms. The fraction of sp³-hybridized carbons (Fsp3) is 0.143. The third kappa shape index (κ3) is 4.76. The molecule has 6 heteroatoms. The molecule has 0 radical (unpaired) electrons. The molecule has 2 N–H and O–H groups in total. The molecule has 0 saturated heterocycles. The summed E-state index contributed by atoms with van der Waals surface area (Å²) in [4.78, 5) is 26.2. The Labute approximate surface area is 157 Å². The lowest BCUT2D eigenvalue weighted by atomic mass is 10.1. The van der Waals surface area contributed by atoms with Crippen molar-refractivity contribution in [2.24, 2.45) is 0 Å². The summed E-state index contributed by atoms with van der Waals surface area (Å²) in [5.74, 6) is -0.179. The molecule has 0 aliphatic carbocycles. The highest BCUT2D eigenvalue weighted by molar-refractivity contribution is 6.02. The number of nitrogens with zero attached hydrogens (tertiary/aromatic N) is 1. The molecule has 0 aliphatic rings. The quantitative estimate of drug-likeness (QED) is 0.703. The number of anilines is 2. The van der Waals surface area contributed by atoms with Crippen LogP contribution in [0.25, 0.3) is 0 Å². The summed E-state index contributed by atoms with van der Waals surface area (Å²) in [6, 6.07) is 18.0. The van der Waals surface area contributed by atoms with E-state index in [1.54, 1.807) is 30.3 Å². The van der Waals surface area contributed by atoms with Crippen LogP contribution in [0.3, 0.4) is 0 Å². The Morgan fingerprint density at radius 2 is 1.74 bits per heavy atom. The molecule has 0 unspecified atom stereocenters. The minimum atomic E-state index is -0.304. The summed E-state index contributed by atoms with van der Waals surface area (Å²) < 4.78 is 5.06. The van der Waals surface area contributed by atoms with Gasteiger partial charge in [0.1, 0.15) is 0 Å². The molecule has 27 heavy (non-hydrogen) atoms. The van der Waals surface area contributed by atoms with Gasteiger partial charge < -0.3 is 20.0 Å². The van der Waals surface area contributed by atoms with Crippen molar-refractivity contribution in [2.45, 2.75) is 6.54 Å². The van der Waals surface area contributed by atoms with E-state index in [9.17, 15) is 9.59 Å². The minimum Gasteiger partial charge on any atom is -0.459 e. The lowest BCUT2D eigenvalue weighted by molar-refractivity contribution is 0.0950. The highest BCUT2D eigenvalue weighted by Crippen LogP contribution is 2.14. The fourth-order valence-corrected chi connectivity index (χ4v) is 2.52. The van der Waals surface area contributed by atoms with Crippen molar-refractivity contribution in [2.75, 3.05) is 24.3 Å². The van der Waals surface area contributed by atoms with Gasteiger partial charge in [-0.2, -0.15) is 0 Å². The van der Waals surface area contributed by atoms with Gasteiger partial charge in [0.25, 0.3) is 11.8 Å². The molecule has 1 aromatic heterocycles. The van der Waals surface area contributed by atoms with E-state index in [0.717, 1.165) is 11.3 Å². The van der Waals surface area contributed by atoms with Crippen LogP contribution in [0.4, 0.5) is 11.4 Å². The van der Waals surface area contributed by atoms with Crippen molar-refractivity contribution < 1.29 is 14.0 Å². The van der Waals surface area contributed by atoms with Crippen LogP contribution in [-0.2, 0) is 6.54 Å². The average Bonchev–Trinajstić information content (AvgIpc) is 3.22. The van der Waals surface area contributed by atoms with E-state index in [4.69, 9.17) is 4.42 Å². The van der Waals surface area contributed by atoms with Crippen LogP contribution in [0, 0.1) is 0 Å². The van der Waals surface area contributed by atoms with E-state index in [1.807, 2.05) is 49.3 Å². The maximum absolute atomic E-state index is 12.3. The van der Waals surface area contributed by atoms with Gasteiger partial charge in [0.2, 0.25) is 0 Å². The van der Waals surface area contributed by atoms with Crippen molar-refractivity contribution >= 4 is 23.2 Å². The third-order valence-electron chi connectivity index (χ3n) is 4.03. The topological polar surface area (TPSA) is 74.6 Å². The van der Waals surface area contributed by atoms with E-state index in [2.05, 4.69) is 10.6 Å². The third-order valence-corrected chi connectivity index (χ3v) is 4.03. The van der Waals surface area contributed by atoms with Gasteiger partial charge >= 0.3 is 0 Å². The summed E-state index contributed by atoms with van der Waals surface area (Å²) in [6.45, 7) is 0.400. The lowest BCUT2D eigenvalue weighted by Gasteiger charge is -2.13. The molecule has 3 rings (SSSR count). The first-order valence-corrected chi connectivity index (χ1v) is 8.52. The fourth-order valence-electron chi connectivity index (χ4n) is 2.52. The van der Waals surface area contributed by atoms with Gasteiger partial charge in [-0.1, -0.05) is 18.2 Å². The van der Waals surface area contributed by atoms with Gasteiger partial charge in [-0.25, -0.2) is 0 Å². The maximum Gasteiger partial charge on any atom is 0.291 e.